The van der Waals surface area contributed by atoms with Gasteiger partial charge in [-0.15, -0.1) is 5.10 Å². The van der Waals surface area contributed by atoms with Crippen molar-refractivity contribution in [3.8, 4) is 0 Å². The highest BCUT2D eigenvalue weighted by atomic mass is 32.9. The van der Waals surface area contributed by atoms with E-state index in [-0.39, 0.29) is 11.7 Å². The second-order valence-electron chi connectivity index (χ2n) is 5.48. The van der Waals surface area contributed by atoms with Crippen LogP contribution in [0.25, 0.3) is 0 Å². The molecule has 146 valence electrons. The lowest BCUT2D eigenvalue weighted by Crippen LogP contribution is -2.35. The van der Waals surface area contributed by atoms with Crippen molar-refractivity contribution in [3.05, 3.63) is 31.5 Å². The number of rotatable bonds is 6. The minimum absolute atomic E-state index is 0.0779. The molecule has 1 fully saturated rings. The van der Waals surface area contributed by atoms with E-state index >= 15 is 0 Å². The smallest absolute Gasteiger partial charge is 0.326 e. The van der Waals surface area contributed by atoms with Crippen molar-refractivity contribution in [1.29, 1.82) is 5.41 Å². The Hall–Kier alpha value is -2.46. The van der Waals surface area contributed by atoms with Crippen LogP contribution in [-0.4, -0.2) is 66.3 Å². The Labute approximate surface area is 157 Å². The minimum atomic E-state index is -1.40. The summed E-state index contributed by atoms with van der Waals surface area (Å²) in [7, 11) is 1.42. The van der Waals surface area contributed by atoms with Crippen LogP contribution in [0.4, 0.5) is 0 Å². The summed E-state index contributed by atoms with van der Waals surface area (Å²) in [6.07, 6.45) is -3.82. The molecule has 0 aromatic carbocycles. The molecule has 0 spiro atoms. The van der Waals surface area contributed by atoms with Crippen LogP contribution in [0.15, 0.2) is 15.9 Å². The Morgan fingerprint density at radius 3 is 2.59 bits per heavy atom. The lowest BCUT2D eigenvalue weighted by molar-refractivity contribution is -0.151. The number of carbonyl (C=O) groups is 1. The molecule has 0 amide bonds. The predicted molar refractivity (Wildman–Crippen MR) is 90.6 cm³/mol. The van der Waals surface area contributed by atoms with Gasteiger partial charge < -0.3 is 25.4 Å². The van der Waals surface area contributed by atoms with Crippen molar-refractivity contribution in [2.45, 2.75) is 31.1 Å². The zero-order chi connectivity index (χ0) is 19.7. The van der Waals surface area contributed by atoms with Crippen LogP contribution in [0.2, 0.25) is 0 Å². The monoisotopic (exact) mass is 418 g/mol. The van der Waals surface area contributed by atoms with Gasteiger partial charge in [-0.2, -0.15) is 0 Å². The fraction of sp³-hybridized carbons (Fsp3) is 0.500. The van der Waals surface area contributed by atoms with E-state index in [1.165, 1.54) is 6.33 Å². The lowest BCUT2D eigenvalue weighted by atomic mass is 10.1. The summed E-state index contributed by atoms with van der Waals surface area (Å²) in [4.78, 5) is 37.3. The van der Waals surface area contributed by atoms with Crippen LogP contribution in [0.5, 0.6) is 0 Å². The Kier molecular flexibility index (Phi) is 5.47. The number of aliphatic hydroxyl groups is 2. The van der Waals surface area contributed by atoms with E-state index in [1.54, 1.807) is 0 Å². The number of nitrogens with one attached hydrogen (secondary N) is 1. The molecule has 27 heavy (non-hydrogen) atoms. The van der Waals surface area contributed by atoms with Crippen LogP contribution in [0.3, 0.4) is 0 Å². The summed E-state index contributed by atoms with van der Waals surface area (Å²) in [6, 6.07) is 0. The Morgan fingerprint density at radius 2 is 2.00 bits per heavy atom. The number of nitrogens with two attached hydrogens (primary N) is 1. The first-order valence-electron chi connectivity index (χ1n) is 7.40. The minimum Gasteiger partial charge on any atom is -0.461 e. The fourth-order valence-corrected chi connectivity index (χ4v) is 3.96. The van der Waals surface area contributed by atoms with Crippen molar-refractivity contribution in [1.82, 2.24) is 19.3 Å². The molecule has 3 heterocycles. The summed E-state index contributed by atoms with van der Waals surface area (Å²) in [5.74, 6) is -1.33. The SMILES string of the molecule is N=C(N)c1ncn(C2OC(COC(=O)Cn3c(=O)ssc3=O)C(O)C2O)n1. The Bertz CT molecular complexity index is 936. The maximum Gasteiger partial charge on any atom is 0.326 e. The molecule has 0 radical (unpaired) electrons. The summed E-state index contributed by atoms with van der Waals surface area (Å²) < 4.78 is 12.2. The number of nitrogens with zero attached hydrogens (tertiary/aromatic N) is 4. The standard InChI is InChI=1S/C12H14N6O7S2/c13-8(14)9-15-3-18(16-9)10-7(21)6(20)4(25-10)2-24-5(19)1-17-11(22)26-27-12(17)23/h3-4,6-7,10,20-21H,1-2H2,(H3,13,14). The van der Waals surface area contributed by atoms with E-state index < -0.39 is 53.4 Å². The van der Waals surface area contributed by atoms with E-state index in [2.05, 4.69) is 10.1 Å². The van der Waals surface area contributed by atoms with Gasteiger partial charge in [-0.3, -0.25) is 19.8 Å². The molecule has 13 nitrogen and oxygen atoms in total. The van der Waals surface area contributed by atoms with Crippen LogP contribution < -0.4 is 15.5 Å². The molecule has 4 atom stereocenters. The second-order valence-corrected chi connectivity index (χ2v) is 7.51. The fourth-order valence-electron chi connectivity index (χ4n) is 2.32. The number of hydrogen-bond donors (Lipinski definition) is 4. The number of nitrogen functional groups attached to an aromatic ring is 1. The van der Waals surface area contributed by atoms with E-state index in [1.807, 2.05) is 0 Å². The largest absolute Gasteiger partial charge is 0.461 e. The number of ether oxygens (including phenoxy) is 2. The second kappa shape index (κ2) is 7.65. The van der Waals surface area contributed by atoms with E-state index in [9.17, 15) is 24.6 Å². The highest BCUT2D eigenvalue weighted by molar-refractivity contribution is 7.67. The van der Waals surface area contributed by atoms with Gasteiger partial charge in [-0.05, 0) is 20.7 Å². The van der Waals surface area contributed by atoms with Gasteiger partial charge in [0.15, 0.2) is 12.1 Å². The summed E-state index contributed by atoms with van der Waals surface area (Å²) >= 11 is 0. The molecule has 0 saturated carbocycles. The molecule has 0 bridgehead atoms. The molecular formula is C12H14N6O7S2. The first-order chi connectivity index (χ1) is 12.8. The summed E-state index contributed by atoms with van der Waals surface area (Å²) in [5.41, 5.74) is 5.26. The number of hydrogen-bond acceptors (Lipinski definition) is 12. The third-order valence-electron chi connectivity index (χ3n) is 3.67. The van der Waals surface area contributed by atoms with Crippen LogP contribution in [0, 0.1) is 5.41 Å². The predicted octanol–water partition coefficient (Wildman–Crippen LogP) is -2.93. The number of amidine groups is 1. The quantitative estimate of drug-likeness (QED) is 0.163. The Balaban J connectivity index is 1.60. The van der Waals surface area contributed by atoms with Gasteiger partial charge in [0.05, 0.1) is 0 Å². The third-order valence-corrected chi connectivity index (χ3v) is 5.58. The number of aliphatic hydroxyl groups excluding tert-OH is 2. The maximum absolute atomic E-state index is 11.8. The zero-order valence-electron chi connectivity index (χ0n) is 13.4. The van der Waals surface area contributed by atoms with Crippen molar-refractivity contribution in [2.75, 3.05) is 6.61 Å². The van der Waals surface area contributed by atoms with Crippen LogP contribution >= 0.6 is 20.7 Å². The molecule has 4 unspecified atom stereocenters. The number of carbonyl (C=O) groups excluding carboxylic acids is 1. The molecule has 0 aliphatic carbocycles. The average Bonchev–Trinajstić information content (AvgIpc) is 3.30. The topological polar surface area (TPSA) is 196 Å². The first kappa shape index (κ1) is 19.3. The van der Waals surface area contributed by atoms with Gasteiger partial charge in [-0.25, -0.2) is 14.2 Å². The number of aromatic nitrogens is 4. The van der Waals surface area contributed by atoms with Gasteiger partial charge in [0.2, 0.25) is 5.82 Å². The molecule has 1 aliphatic rings. The van der Waals surface area contributed by atoms with Gasteiger partial charge >= 0.3 is 15.7 Å². The van der Waals surface area contributed by atoms with Gasteiger partial charge in [0, 0.05) is 0 Å². The molecule has 15 heteroatoms. The average molecular weight is 418 g/mol. The molecule has 3 rings (SSSR count). The van der Waals surface area contributed by atoms with Crippen molar-refractivity contribution in [2.24, 2.45) is 5.73 Å². The lowest BCUT2D eigenvalue weighted by Gasteiger charge is -2.14. The third kappa shape index (κ3) is 3.96. The van der Waals surface area contributed by atoms with Crippen LogP contribution in [0.1, 0.15) is 12.1 Å². The summed E-state index contributed by atoms with van der Waals surface area (Å²) in [5, 5.41) is 31.3. The molecule has 2 aromatic heterocycles. The molecule has 1 saturated heterocycles. The first-order valence-corrected chi connectivity index (χ1v) is 9.55. The van der Waals surface area contributed by atoms with Gasteiger partial charge in [0.1, 0.15) is 37.8 Å². The van der Waals surface area contributed by atoms with E-state index in [0.29, 0.717) is 20.7 Å². The van der Waals surface area contributed by atoms with Crippen LogP contribution in [-0.2, 0) is 20.8 Å². The van der Waals surface area contributed by atoms with E-state index in [4.69, 9.17) is 20.6 Å². The molecule has 5 N–H and O–H groups in total. The van der Waals surface area contributed by atoms with Crippen molar-refractivity contribution >= 4 is 32.5 Å². The maximum atomic E-state index is 11.8. The number of esters is 1. The molecule has 1 aliphatic heterocycles. The van der Waals surface area contributed by atoms with Gasteiger partial charge in [0.25, 0.3) is 0 Å². The van der Waals surface area contributed by atoms with E-state index in [0.717, 1.165) is 9.25 Å². The highest BCUT2D eigenvalue weighted by Crippen LogP contribution is 2.28. The normalized spacial score (nSPS) is 24.8. The van der Waals surface area contributed by atoms with Gasteiger partial charge in [-0.1, -0.05) is 0 Å². The van der Waals surface area contributed by atoms with Crippen molar-refractivity contribution < 1.29 is 24.5 Å². The zero-order valence-corrected chi connectivity index (χ0v) is 15.1. The summed E-state index contributed by atoms with van der Waals surface area (Å²) in [6.45, 7) is -0.976. The molecule has 2 aromatic rings. The molecular weight excluding hydrogens is 404 g/mol. The van der Waals surface area contributed by atoms with Crippen molar-refractivity contribution in [3.63, 3.8) is 0 Å². The Morgan fingerprint density at radius 1 is 1.33 bits per heavy atom. The highest BCUT2D eigenvalue weighted by Gasteiger charge is 2.45.